The average molecular weight is 318 g/mol. The number of rotatable bonds is 2. The maximum atomic E-state index is 13.1. The van der Waals surface area contributed by atoms with E-state index in [1.807, 2.05) is 5.32 Å². The van der Waals surface area contributed by atoms with Gasteiger partial charge >= 0.3 is 12.1 Å². The van der Waals surface area contributed by atoms with Crippen molar-refractivity contribution in [3.63, 3.8) is 0 Å². The van der Waals surface area contributed by atoms with Crippen LogP contribution >= 0.6 is 0 Å². The van der Waals surface area contributed by atoms with E-state index in [0.717, 1.165) is 6.07 Å². The first kappa shape index (κ1) is 16.3. The van der Waals surface area contributed by atoms with E-state index in [9.17, 15) is 27.2 Å². The topological polar surface area (TPSA) is 49.4 Å². The molecule has 1 heterocycles. The minimum atomic E-state index is -4.91. The van der Waals surface area contributed by atoms with Crippen LogP contribution < -0.4 is 5.32 Å². The van der Waals surface area contributed by atoms with Crippen molar-refractivity contribution in [1.82, 2.24) is 10.2 Å². The Hall–Kier alpha value is -2.12. The van der Waals surface area contributed by atoms with Gasteiger partial charge in [-0.1, -0.05) is 6.07 Å². The van der Waals surface area contributed by atoms with E-state index >= 15 is 0 Å². The molecule has 0 atom stereocenters. The summed E-state index contributed by atoms with van der Waals surface area (Å²) < 4.78 is 49.6. The molecule has 1 saturated heterocycles. The van der Waals surface area contributed by atoms with Gasteiger partial charge in [0.05, 0.1) is 0 Å². The van der Waals surface area contributed by atoms with Crippen LogP contribution in [0.3, 0.4) is 0 Å². The standard InChI is InChI=1S/C14H14F4N2O2/c15-10-3-1-2-9(8-10)12(21)20-6-4-11(5-7-20)19-13(22)14(16,17)18/h1-3,8,11H,4-7H2,(H,19,22). The zero-order valence-corrected chi connectivity index (χ0v) is 11.5. The smallest absolute Gasteiger partial charge is 0.345 e. The molecule has 0 aromatic heterocycles. The summed E-state index contributed by atoms with van der Waals surface area (Å²) >= 11 is 0. The summed E-state index contributed by atoms with van der Waals surface area (Å²) in [4.78, 5) is 24.4. The third kappa shape index (κ3) is 3.96. The zero-order valence-electron chi connectivity index (χ0n) is 11.5. The number of carbonyl (C=O) groups is 2. The van der Waals surface area contributed by atoms with E-state index in [2.05, 4.69) is 0 Å². The zero-order chi connectivity index (χ0) is 16.3. The molecule has 120 valence electrons. The number of alkyl halides is 3. The molecule has 4 nitrogen and oxygen atoms in total. The summed E-state index contributed by atoms with van der Waals surface area (Å²) in [6.45, 7) is 0.413. The van der Waals surface area contributed by atoms with Crippen molar-refractivity contribution in [3.05, 3.63) is 35.6 Å². The Labute approximate surface area is 124 Å². The lowest BCUT2D eigenvalue weighted by molar-refractivity contribution is -0.174. The Bertz CT molecular complexity index is 566. The molecule has 1 aromatic rings. The van der Waals surface area contributed by atoms with E-state index in [1.54, 1.807) is 0 Å². The molecular formula is C14H14F4N2O2. The van der Waals surface area contributed by atoms with Gasteiger partial charge in [0.2, 0.25) is 0 Å². The monoisotopic (exact) mass is 318 g/mol. The minimum absolute atomic E-state index is 0.192. The summed E-state index contributed by atoms with van der Waals surface area (Å²) in [7, 11) is 0. The third-order valence-corrected chi connectivity index (χ3v) is 3.45. The Balaban J connectivity index is 1.89. The second kappa shape index (κ2) is 6.33. The summed E-state index contributed by atoms with van der Waals surface area (Å²) in [5.41, 5.74) is 0.192. The molecule has 0 aliphatic carbocycles. The highest BCUT2D eigenvalue weighted by molar-refractivity contribution is 5.94. The molecule has 0 spiro atoms. The molecule has 0 unspecified atom stereocenters. The minimum Gasteiger partial charge on any atom is -0.345 e. The lowest BCUT2D eigenvalue weighted by Crippen LogP contribution is -2.49. The maximum Gasteiger partial charge on any atom is 0.471 e. The van der Waals surface area contributed by atoms with Gasteiger partial charge in [-0.05, 0) is 31.0 Å². The van der Waals surface area contributed by atoms with E-state index in [1.165, 1.54) is 23.1 Å². The molecule has 1 fully saturated rings. The number of likely N-dealkylation sites (tertiary alicyclic amines) is 1. The number of amides is 2. The van der Waals surface area contributed by atoms with Gasteiger partial charge in [-0.2, -0.15) is 13.2 Å². The Morgan fingerprint density at radius 3 is 2.36 bits per heavy atom. The Morgan fingerprint density at radius 2 is 1.82 bits per heavy atom. The first-order valence-corrected chi connectivity index (χ1v) is 6.70. The molecule has 8 heteroatoms. The molecule has 1 aromatic carbocycles. The van der Waals surface area contributed by atoms with Gasteiger partial charge in [0.1, 0.15) is 5.82 Å². The average Bonchev–Trinajstić information content (AvgIpc) is 2.46. The van der Waals surface area contributed by atoms with Gasteiger partial charge < -0.3 is 10.2 Å². The first-order chi connectivity index (χ1) is 10.3. The second-order valence-electron chi connectivity index (χ2n) is 5.05. The van der Waals surface area contributed by atoms with Crippen molar-refractivity contribution in [2.24, 2.45) is 0 Å². The highest BCUT2D eigenvalue weighted by Crippen LogP contribution is 2.18. The van der Waals surface area contributed by atoms with Gasteiger partial charge in [0.25, 0.3) is 5.91 Å². The van der Waals surface area contributed by atoms with Crippen LogP contribution in [0.5, 0.6) is 0 Å². The van der Waals surface area contributed by atoms with Crippen molar-refractivity contribution in [3.8, 4) is 0 Å². The molecule has 0 radical (unpaired) electrons. The van der Waals surface area contributed by atoms with Crippen molar-refractivity contribution in [2.45, 2.75) is 25.1 Å². The van der Waals surface area contributed by atoms with Crippen LogP contribution in [0.2, 0.25) is 0 Å². The lowest BCUT2D eigenvalue weighted by atomic mass is 10.0. The van der Waals surface area contributed by atoms with Crippen LogP contribution in [0.15, 0.2) is 24.3 Å². The molecular weight excluding hydrogens is 304 g/mol. The fourth-order valence-corrected chi connectivity index (χ4v) is 2.30. The second-order valence-corrected chi connectivity index (χ2v) is 5.05. The van der Waals surface area contributed by atoms with Crippen LogP contribution in [0.1, 0.15) is 23.2 Å². The van der Waals surface area contributed by atoms with Crippen LogP contribution in [0.25, 0.3) is 0 Å². The summed E-state index contributed by atoms with van der Waals surface area (Å²) in [6.07, 6.45) is -4.46. The fourth-order valence-electron chi connectivity index (χ4n) is 2.30. The Morgan fingerprint density at radius 1 is 1.18 bits per heavy atom. The van der Waals surface area contributed by atoms with Gasteiger partial charge in [0, 0.05) is 24.7 Å². The fraction of sp³-hybridized carbons (Fsp3) is 0.429. The SMILES string of the molecule is O=C(c1cccc(F)c1)N1CCC(NC(=O)C(F)(F)F)CC1. The summed E-state index contributed by atoms with van der Waals surface area (Å²) in [6, 6.07) is 4.60. The van der Waals surface area contributed by atoms with Crippen LogP contribution in [-0.4, -0.2) is 42.0 Å². The van der Waals surface area contributed by atoms with Crippen molar-refractivity contribution in [2.75, 3.05) is 13.1 Å². The quantitative estimate of drug-likeness (QED) is 0.849. The van der Waals surface area contributed by atoms with Gasteiger partial charge in [-0.25, -0.2) is 4.39 Å². The largest absolute Gasteiger partial charge is 0.471 e. The first-order valence-electron chi connectivity index (χ1n) is 6.70. The number of carbonyl (C=O) groups excluding carboxylic acids is 2. The van der Waals surface area contributed by atoms with Crippen LogP contribution in [-0.2, 0) is 4.79 Å². The highest BCUT2D eigenvalue weighted by Gasteiger charge is 2.40. The van der Waals surface area contributed by atoms with Crippen LogP contribution in [0.4, 0.5) is 17.6 Å². The van der Waals surface area contributed by atoms with E-state index in [-0.39, 0.29) is 37.4 Å². The lowest BCUT2D eigenvalue weighted by Gasteiger charge is -2.32. The maximum absolute atomic E-state index is 13.1. The predicted molar refractivity (Wildman–Crippen MR) is 69.5 cm³/mol. The summed E-state index contributed by atoms with van der Waals surface area (Å²) in [5, 5.41) is 1.91. The van der Waals surface area contributed by atoms with Gasteiger partial charge in [-0.3, -0.25) is 9.59 Å². The Kier molecular flexibility index (Phi) is 4.68. The van der Waals surface area contributed by atoms with E-state index in [4.69, 9.17) is 0 Å². The number of hydrogen-bond donors (Lipinski definition) is 1. The molecule has 1 aliphatic heterocycles. The van der Waals surface area contributed by atoms with Crippen LogP contribution in [0, 0.1) is 5.82 Å². The normalized spacial score (nSPS) is 16.5. The number of hydrogen-bond acceptors (Lipinski definition) is 2. The van der Waals surface area contributed by atoms with Gasteiger partial charge in [-0.15, -0.1) is 0 Å². The number of benzene rings is 1. The van der Waals surface area contributed by atoms with Crippen molar-refractivity contribution < 1.29 is 27.2 Å². The molecule has 2 rings (SSSR count). The third-order valence-electron chi connectivity index (χ3n) is 3.45. The van der Waals surface area contributed by atoms with E-state index < -0.39 is 23.9 Å². The highest BCUT2D eigenvalue weighted by atomic mass is 19.4. The number of piperidine rings is 1. The number of nitrogens with one attached hydrogen (secondary N) is 1. The molecule has 1 N–H and O–H groups in total. The number of nitrogens with zero attached hydrogens (tertiary/aromatic N) is 1. The van der Waals surface area contributed by atoms with Crippen molar-refractivity contribution >= 4 is 11.8 Å². The molecule has 1 aliphatic rings. The predicted octanol–water partition coefficient (Wildman–Crippen LogP) is 2.11. The van der Waals surface area contributed by atoms with E-state index in [0.29, 0.717) is 0 Å². The molecule has 0 bridgehead atoms. The molecule has 0 saturated carbocycles. The summed E-state index contributed by atoms with van der Waals surface area (Å²) in [5.74, 6) is -2.87. The molecule has 2 amide bonds. The van der Waals surface area contributed by atoms with Crippen molar-refractivity contribution in [1.29, 1.82) is 0 Å². The molecule has 22 heavy (non-hydrogen) atoms. The van der Waals surface area contributed by atoms with Gasteiger partial charge in [0.15, 0.2) is 0 Å². The number of halogens is 4.